The second kappa shape index (κ2) is 9.46. The van der Waals surface area contributed by atoms with Gasteiger partial charge in [-0.1, -0.05) is 57.7 Å². The lowest BCUT2D eigenvalue weighted by Gasteiger charge is -2.14. The minimum atomic E-state index is 0.364. The standard InChI is InChI=1S/C18H28N2/c1-3-5-7-10-15-12-9-13-16(11-8-6-4-2)18(15)17(20)14-19/h9,12-14,19-20H,3-8,10-11H2,1-2H3. The Morgan fingerprint density at radius 3 is 1.85 bits per heavy atom. The molecule has 0 fully saturated rings. The molecule has 0 saturated heterocycles. The zero-order valence-corrected chi connectivity index (χ0v) is 13.0. The number of hydrogen-bond acceptors (Lipinski definition) is 2. The minimum Gasteiger partial charge on any atom is -0.307 e. The maximum absolute atomic E-state index is 8.08. The zero-order chi connectivity index (χ0) is 14.8. The third-order valence-electron chi connectivity index (χ3n) is 3.75. The van der Waals surface area contributed by atoms with Crippen LogP contribution in [-0.4, -0.2) is 11.9 Å². The van der Waals surface area contributed by atoms with Crippen LogP contribution in [0.15, 0.2) is 18.2 Å². The fraction of sp³-hybridized carbons (Fsp3) is 0.556. The molecule has 2 heteroatoms. The molecular formula is C18H28N2. The Bertz CT molecular complexity index is 407. The lowest BCUT2D eigenvalue weighted by Crippen LogP contribution is -2.09. The molecule has 0 bridgehead atoms. The van der Waals surface area contributed by atoms with Gasteiger partial charge in [-0.3, -0.25) is 5.41 Å². The summed E-state index contributed by atoms with van der Waals surface area (Å²) in [5, 5.41) is 15.5. The van der Waals surface area contributed by atoms with Gasteiger partial charge in [-0.05, 0) is 36.8 Å². The van der Waals surface area contributed by atoms with Crippen molar-refractivity contribution in [2.24, 2.45) is 0 Å². The van der Waals surface area contributed by atoms with Crippen molar-refractivity contribution in [3.63, 3.8) is 0 Å². The Morgan fingerprint density at radius 2 is 1.45 bits per heavy atom. The van der Waals surface area contributed by atoms with Crippen LogP contribution in [0.1, 0.15) is 69.1 Å². The van der Waals surface area contributed by atoms with Gasteiger partial charge < -0.3 is 5.41 Å². The number of aryl methyl sites for hydroxylation is 2. The first-order valence-electron chi connectivity index (χ1n) is 7.94. The predicted octanol–water partition coefficient (Wildman–Crippen LogP) is 5.17. The fourth-order valence-corrected chi connectivity index (χ4v) is 2.62. The highest BCUT2D eigenvalue weighted by Crippen LogP contribution is 2.20. The van der Waals surface area contributed by atoms with E-state index in [0.29, 0.717) is 5.71 Å². The van der Waals surface area contributed by atoms with Crippen molar-refractivity contribution < 1.29 is 0 Å². The first-order chi connectivity index (χ1) is 9.74. The minimum absolute atomic E-state index is 0.364. The summed E-state index contributed by atoms with van der Waals surface area (Å²) in [6, 6.07) is 6.38. The summed E-state index contributed by atoms with van der Waals surface area (Å²) in [5.41, 5.74) is 3.89. The molecule has 1 aromatic carbocycles. The van der Waals surface area contributed by atoms with E-state index in [0.717, 1.165) is 18.4 Å². The quantitative estimate of drug-likeness (QED) is 0.436. The van der Waals surface area contributed by atoms with Crippen molar-refractivity contribution in [1.29, 1.82) is 10.8 Å². The van der Waals surface area contributed by atoms with Gasteiger partial charge in [0.1, 0.15) is 0 Å². The predicted molar refractivity (Wildman–Crippen MR) is 88.5 cm³/mol. The van der Waals surface area contributed by atoms with Gasteiger partial charge in [-0.2, -0.15) is 0 Å². The van der Waals surface area contributed by atoms with E-state index in [1.807, 2.05) is 0 Å². The Balaban J connectivity index is 2.94. The summed E-state index contributed by atoms with van der Waals surface area (Å²) in [5.74, 6) is 0. The average Bonchev–Trinajstić information content (AvgIpc) is 2.47. The van der Waals surface area contributed by atoms with Crippen LogP contribution in [0.5, 0.6) is 0 Å². The van der Waals surface area contributed by atoms with Crippen LogP contribution in [0, 0.1) is 10.8 Å². The Morgan fingerprint density at radius 1 is 0.950 bits per heavy atom. The third kappa shape index (κ3) is 4.92. The molecule has 0 radical (unpaired) electrons. The molecule has 0 atom stereocenters. The van der Waals surface area contributed by atoms with Crippen molar-refractivity contribution in [2.75, 3.05) is 0 Å². The van der Waals surface area contributed by atoms with Gasteiger partial charge in [0.05, 0.1) is 5.71 Å². The highest BCUT2D eigenvalue weighted by molar-refractivity contribution is 6.36. The summed E-state index contributed by atoms with van der Waals surface area (Å²) >= 11 is 0. The molecule has 0 unspecified atom stereocenters. The van der Waals surface area contributed by atoms with Gasteiger partial charge >= 0.3 is 0 Å². The zero-order valence-electron chi connectivity index (χ0n) is 13.0. The smallest absolute Gasteiger partial charge is 0.0793 e. The lowest BCUT2D eigenvalue weighted by atomic mass is 9.91. The molecule has 0 aliphatic rings. The molecule has 110 valence electrons. The number of rotatable bonds is 10. The fourth-order valence-electron chi connectivity index (χ4n) is 2.62. The van der Waals surface area contributed by atoms with Gasteiger partial charge in [-0.25, -0.2) is 0 Å². The van der Waals surface area contributed by atoms with Crippen LogP contribution in [0.25, 0.3) is 0 Å². The average molecular weight is 272 g/mol. The molecule has 0 aromatic heterocycles. The monoisotopic (exact) mass is 272 g/mol. The molecule has 0 heterocycles. The Labute approximate surface area is 123 Å². The van der Waals surface area contributed by atoms with E-state index < -0.39 is 0 Å². The molecule has 2 nitrogen and oxygen atoms in total. The second-order valence-electron chi connectivity index (χ2n) is 5.42. The van der Waals surface area contributed by atoms with E-state index in [4.69, 9.17) is 10.8 Å². The Hall–Kier alpha value is -1.44. The first kappa shape index (κ1) is 16.6. The molecular weight excluding hydrogens is 244 g/mol. The van der Waals surface area contributed by atoms with E-state index in [9.17, 15) is 0 Å². The third-order valence-corrected chi connectivity index (χ3v) is 3.75. The molecule has 20 heavy (non-hydrogen) atoms. The normalized spacial score (nSPS) is 10.5. The van der Waals surface area contributed by atoms with E-state index in [2.05, 4.69) is 32.0 Å². The van der Waals surface area contributed by atoms with Crippen LogP contribution >= 0.6 is 0 Å². The largest absolute Gasteiger partial charge is 0.307 e. The number of hydrogen-bond donors (Lipinski definition) is 2. The van der Waals surface area contributed by atoms with Gasteiger partial charge in [0.2, 0.25) is 0 Å². The van der Waals surface area contributed by atoms with Crippen LogP contribution in [0.2, 0.25) is 0 Å². The van der Waals surface area contributed by atoms with Crippen LogP contribution in [-0.2, 0) is 12.8 Å². The maximum atomic E-state index is 8.08. The van der Waals surface area contributed by atoms with Crippen molar-refractivity contribution in [3.05, 3.63) is 34.9 Å². The molecule has 0 aliphatic heterocycles. The van der Waals surface area contributed by atoms with Crippen molar-refractivity contribution in [3.8, 4) is 0 Å². The Kier molecular flexibility index (Phi) is 7.86. The summed E-state index contributed by atoms with van der Waals surface area (Å²) in [6.07, 6.45) is 10.5. The van der Waals surface area contributed by atoms with Gasteiger partial charge in [0.15, 0.2) is 0 Å². The SMILES string of the molecule is CCCCCc1cccc(CCCCC)c1C(=N)C=N. The van der Waals surface area contributed by atoms with Crippen LogP contribution in [0.3, 0.4) is 0 Å². The van der Waals surface area contributed by atoms with E-state index in [1.54, 1.807) is 0 Å². The van der Waals surface area contributed by atoms with Gasteiger partial charge in [0.25, 0.3) is 0 Å². The van der Waals surface area contributed by atoms with Crippen molar-refractivity contribution in [1.82, 2.24) is 0 Å². The maximum Gasteiger partial charge on any atom is 0.0793 e. The van der Waals surface area contributed by atoms with E-state index in [-0.39, 0.29) is 0 Å². The second-order valence-corrected chi connectivity index (χ2v) is 5.42. The summed E-state index contributed by atoms with van der Waals surface area (Å²) < 4.78 is 0. The molecule has 0 amide bonds. The van der Waals surface area contributed by atoms with E-state index in [1.165, 1.54) is 55.9 Å². The highest BCUT2D eigenvalue weighted by atomic mass is 14.5. The first-order valence-corrected chi connectivity index (χ1v) is 7.94. The number of unbranched alkanes of at least 4 members (excludes halogenated alkanes) is 4. The molecule has 2 N–H and O–H groups in total. The highest BCUT2D eigenvalue weighted by Gasteiger charge is 2.11. The molecule has 1 aromatic rings. The molecule has 0 spiro atoms. The van der Waals surface area contributed by atoms with E-state index >= 15 is 0 Å². The van der Waals surface area contributed by atoms with Crippen molar-refractivity contribution >= 4 is 11.9 Å². The number of nitrogens with one attached hydrogen (secondary N) is 2. The van der Waals surface area contributed by atoms with Gasteiger partial charge in [-0.15, -0.1) is 0 Å². The van der Waals surface area contributed by atoms with Crippen LogP contribution < -0.4 is 0 Å². The summed E-state index contributed by atoms with van der Waals surface area (Å²) in [4.78, 5) is 0. The molecule has 0 aliphatic carbocycles. The summed E-state index contributed by atoms with van der Waals surface area (Å²) in [7, 11) is 0. The molecule has 1 rings (SSSR count). The topological polar surface area (TPSA) is 47.7 Å². The molecule has 0 saturated carbocycles. The number of benzene rings is 1. The van der Waals surface area contributed by atoms with Crippen molar-refractivity contribution in [2.45, 2.75) is 65.2 Å². The summed E-state index contributed by atoms with van der Waals surface area (Å²) in [6.45, 7) is 4.42. The van der Waals surface area contributed by atoms with Crippen LogP contribution in [0.4, 0.5) is 0 Å². The van der Waals surface area contributed by atoms with Gasteiger partial charge in [0, 0.05) is 11.8 Å². The lowest BCUT2D eigenvalue weighted by molar-refractivity contribution is 0.707.